The number of para-hydroxylation sites is 1. The molecule has 0 aliphatic carbocycles. The lowest BCUT2D eigenvalue weighted by atomic mass is 10.2. The van der Waals surface area contributed by atoms with E-state index >= 15 is 0 Å². The Morgan fingerprint density at radius 3 is 2.52 bits per heavy atom. The zero-order valence-corrected chi connectivity index (χ0v) is 14.7. The van der Waals surface area contributed by atoms with E-state index in [1.54, 1.807) is 32.0 Å². The molecule has 0 aliphatic rings. The van der Waals surface area contributed by atoms with Gasteiger partial charge in [0.2, 0.25) is 0 Å². The Kier molecular flexibility index (Phi) is 5.19. The average Bonchev–Trinajstić information content (AvgIpc) is 2.62. The first kappa shape index (κ1) is 17.2. The topological polar surface area (TPSA) is 72.0 Å². The van der Waals surface area contributed by atoms with Crippen molar-refractivity contribution in [3.63, 3.8) is 0 Å². The summed E-state index contributed by atoms with van der Waals surface area (Å²) in [5.74, 6) is -0.00822. The predicted octanol–water partition coefficient (Wildman–Crippen LogP) is 3.71. The van der Waals surface area contributed by atoms with Gasteiger partial charge in [0.25, 0.3) is 5.56 Å². The summed E-state index contributed by atoms with van der Waals surface area (Å²) in [6.07, 6.45) is -0.636. The lowest BCUT2D eigenvalue weighted by molar-refractivity contribution is -0.147. The van der Waals surface area contributed by atoms with Crippen molar-refractivity contribution in [3.8, 4) is 0 Å². The maximum atomic E-state index is 12.3. The van der Waals surface area contributed by atoms with Crippen molar-refractivity contribution in [2.24, 2.45) is 0 Å². The van der Waals surface area contributed by atoms with Crippen LogP contribution in [0.5, 0.6) is 0 Å². The van der Waals surface area contributed by atoms with E-state index in [0.717, 1.165) is 4.90 Å². The predicted molar refractivity (Wildman–Crippen MR) is 98.6 cm³/mol. The maximum Gasteiger partial charge on any atom is 0.319 e. The highest BCUT2D eigenvalue weighted by Gasteiger charge is 2.21. The molecule has 0 aliphatic heterocycles. The van der Waals surface area contributed by atoms with Gasteiger partial charge < -0.3 is 9.72 Å². The van der Waals surface area contributed by atoms with Gasteiger partial charge >= 0.3 is 5.97 Å². The van der Waals surface area contributed by atoms with Crippen LogP contribution in [0, 0.1) is 0 Å². The highest BCUT2D eigenvalue weighted by molar-refractivity contribution is 8.00. The lowest BCUT2D eigenvalue weighted by Gasteiger charge is -2.16. The second kappa shape index (κ2) is 7.53. The summed E-state index contributed by atoms with van der Waals surface area (Å²) in [4.78, 5) is 32.5. The minimum Gasteiger partial charge on any atom is -0.454 e. The van der Waals surface area contributed by atoms with Gasteiger partial charge in [-0.15, -0.1) is 11.8 Å². The monoisotopic (exact) mass is 354 g/mol. The van der Waals surface area contributed by atoms with Crippen LogP contribution in [-0.4, -0.2) is 21.2 Å². The normalized spacial score (nSPS) is 13.4. The van der Waals surface area contributed by atoms with Gasteiger partial charge in [-0.25, -0.2) is 4.98 Å². The molecule has 2 atom stereocenters. The van der Waals surface area contributed by atoms with Gasteiger partial charge in [-0.1, -0.05) is 30.3 Å². The van der Waals surface area contributed by atoms with Crippen LogP contribution in [0.1, 0.15) is 25.8 Å². The third-order valence-electron chi connectivity index (χ3n) is 3.70. The number of esters is 1. The molecule has 0 bridgehead atoms. The fourth-order valence-electron chi connectivity index (χ4n) is 2.37. The molecule has 1 N–H and O–H groups in total. The van der Waals surface area contributed by atoms with Crippen LogP contribution in [0.4, 0.5) is 0 Å². The highest BCUT2D eigenvalue weighted by Crippen LogP contribution is 2.25. The number of aromatic amines is 1. The highest BCUT2D eigenvalue weighted by atomic mass is 32.2. The lowest BCUT2D eigenvalue weighted by Crippen LogP contribution is -2.22. The van der Waals surface area contributed by atoms with Crippen molar-refractivity contribution in [2.75, 3.05) is 0 Å². The van der Waals surface area contributed by atoms with Crippen molar-refractivity contribution in [3.05, 3.63) is 70.8 Å². The van der Waals surface area contributed by atoms with Gasteiger partial charge in [0.05, 0.1) is 10.9 Å². The molecule has 1 heterocycles. The van der Waals surface area contributed by atoms with Crippen molar-refractivity contribution < 1.29 is 9.53 Å². The van der Waals surface area contributed by atoms with Crippen LogP contribution in [0.3, 0.4) is 0 Å². The molecule has 128 valence electrons. The van der Waals surface area contributed by atoms with Gasteiger partial charge in [0.15, 0.2) is 11.9 Å². The SMILES string of the molecule is C[C@H](Sc1ccccc1)C(=O)O[C@H](C)c1nc2ccccc2c(=O)[nH]1. The molecule has 0 radical (unpaired) electrons. The molecule has 3 rings (SSSR count). The fraction of sp³-hybridized carbons (Fsp3) is 0.211. The van der Waals surface area contributed by atoms with E-state index in [1.807, 2.05) is 36.4 Å². The molecule has 0 unspecified atom stereocenters. The number of hydrogen-bond donors (Lipinski definition) is 1. The summed E-state index contributed by atoms with van der Waals surface area (Å²) < 4.78 is 5.48. The number of thioether (sulfide) groups is 1. The van der Waals surface area contributed by atoms with Gasteiger partial charge in [0, 0.05) is 4.90 Å². The van der Waals surface area contributed by atoms with E-state index in [-0.39, 0.29) is 16.8 Å². The standard InChI is InChI=1S/C19H18N2O3S/c1-12(17-20-16-11-7-6-10-15(16)18(22)21-17)24-19(23)13(2)25-14-8-4-3-5-9-14/h3-13H,1-2H3,(H,20,21,22)/t12-,13+/m1/s1. The first-order chi connectivity index (χ1) is 12.0. The first-order valence-corrected chi connectivity index (χ1v) is 8.83. The van der Waals surface area contributed by atoms with Crippen LogP contribution < -0.4 is 5.56 Å². The second-order valence-electron chi connectivity index (χ2n) is 5.62. The average molecular weight is 354 g/mol. The fourth-order valence-corrected chi connectivity index (χ4v) is 3.25. The molecule has 5 nitrogen and oxygen atoms in total. The summed E-state index contributed by atoms with van der Waals surface area (Å²) in [6, 6.07) is 16.7. The number of carbonyl (C=O) groups excluding carboxylic acids is 1. The molecular formula is C19H18N2O3S. The van der Waals surface area contributed by atoms with Crippen molar-refractivity contribution >= 4 is 28.6 Å². The Balaban J connectivity index is 1.72. The quantitative estimate of drug-likeness (QED) is 0.559. The molecule has 6 heteroatoms. The number of benzene rings is 2. The summed E-state index contributed by atoms with van der Waals surface area (Å²) in [7, 11) is 0. The van der Waals surface area contributed by atoms with Crippen LogP contribution >= 0.6 is 11.8 Å². The smallest absolute Gasteiger partial charge is 0.319 e. The molecule has 0 saturated carbocycles. The van der Waals surface area contributed by atoms with Crippen molar-refractivity contribution in [1.29, 1.82) is 0 Å². The van der Waals surface area contributed by atoms with E-state index in [2.05, 4.69) is 9.97 Å². The van der Waals surface area contributed by atoms with Gasteiger partial charge in [-0.2, -0.15) is 0 Å². The largest absolute Gasteiger partial charge is 0.454 e. The number of ether oxygens (including phenoxy) is 1. The third kappa shape index (κ3) is 4.09. The van der Waals surface area contributed by atoms with Crippen LogP contribution in [0.25, 0.3) is 10.9 Å². The molecule has 0 fully saturated rings. The van der Waals surface area contributed by atoms with Crippen molar-refractivity contribution in [2.45, 2.75) is 30.1 Å². The number of fused-ring (bicyclic) bond motifs is 1. The first-order valence-electron chi connectivity index (χ1n) is 7.96. The van der Waals surface area contributed by atoms with E-state index in [0.29, 0.717) is 16.7 Å². The number of aromatic nitrogens is 2. The zero-order valence-electron chi connectivity index (χ0n) is 13.9. The number of nitrogens with one attached hydrogen (secondary N) is 1. The Labute approximate surface area is 149 Å². The number of rotatable bonds is 5. The van der Waals surface area contributed by atoms with Gasteiger partial charge in [0.1, 0.15) is 5.25 Å². The number of hydrogen-bond acceptors (Lipinski definition) is 5. The summed E-state index contributed by atoms with van der Waals surface area (Å²) in [6.45, 7) is 3.49. The van der Waals surface area contributed by atoms with Crippen LogP contribution in [0.2, 0.25) is 0 Å². The Morgan fingerprint density at radius 2 is 1.76 bits per heavy atom. The Bertz CT molecular complexity index is 940. The van der Waals surface area contributed by atoms with Crippen molar-refractivity contribution in [1.82, 2.24) is 9.97 Å². The summed E-state index contributed by atoms with van der Waals surface area (Å²) in [5, 5.41) is 0.148. The zero-order chi connectivity index (χ0) is 17.8. The summed E-state index contributed by atoms with van der Waals surface area (Å²) >= 11 is 1.43. The second-order valence-corrected chi connectivity index (χ2v) is 7.03. The molecule has 0 spiro atoms. The Morgan fingerprint density at radius 1 is 1.08 bits per heavy atom. The maximum absolute atomic E-state index is 12.3. The molecular weight excluding hydrogens is 336 g/mol. The molecule has 2 aromatic carbocycles. The van der Waals surface area contributed by atoms with Gasteiger partial charge in [-0.05, 0) is 38.1 Å². The van der Waals surface area contributed by atoms with Crippen LogP contribution in [-0.2, 0) is 9.53 Å². The third-order valence-corrected chi connectivity index (χ3v) is 4.79. The van der Waals surface area contributed by atoms with Gasteiger partial charge in [-0.3, -0.25) is 9.59 Å². The van der Waals surface area contributed by atoms with Crippen LogP contribution in [0.15, 0.2) is 64.3 Å². The molecule has 0 saturated heterocycles. The molecule has 1 aromatic heterocycles. The van der Waals surface area contributed by atoms with E-state index in [4.69, 9.17) is 4.74 Å². The number of nitrogens with zero attached hydrogens (tertiary/aromatic N) is 1. The number of H-pyrrole nitrogens is 1. The minimum absolute atomic E-state index is 0.241. The van der Waals surface area contributed by atoms with E-state index < -0.39 is 6.10 Å². The molecule has 25 heavy (non-hydrogen) atoms. The van der Waals surface area contributed by atoms with E-state index in [9.17, 15) is 9.59 Å². The Hall–Kier alpha value is -2.60. The minimum atomic E-state index is -0.636. The number of carbonyl (C=O) groups is 1. The summed E-state index contributed by atoms with van der Waals surface area (Å²) in [5.41, 5.74) is 0.339. The molecule has 3 aromatic rings. The van der Waals surface area contributed by atoms with E-state index in [1.165, 1.54) is 11.8 Å². The molecule has 0 amide bonds.